The summed E-state index contributed by atoms with van der Waals surface area (Å²) in [7, 11) is 0. The summed E-state index contributed by atoms with van der Waals surface area (Å²) in [6, 6.07) is 8.41. The fourth-order valence-electron chi connectivity index (χ4n) is 2.04. The predicted molar refractivity (Wildman–Crippen MR) is 69.4 cm³/mol. The summed E-state index contributed by atoms with van der Waals surface area (Å²) in [5.74, 6) is 0.368. The second-order valence-corrected chi connectivity index (χ2v) is 5.24. The van der Waals surface area contributed by atoms with Gasteiger partial charge < -0.3 is 9.47 Å². The molecule has 0 N–H and O–H groups in total. The van der Waals surface area contributed by atoms with Crippen molar-refractivity contribution in [1.82, 2.24) is 0 Å². The lowest BCUT2D eigenvalue weighted by molar-refractivity contribution is -0.159. The van der Waals surface area contributed by atoms with Gasteiger partial charge in [-0.15, -0.1) is 11.6 Å². The van der Waals surface area contributed by atoms with Crippen LogP contribution in [0.2, 0.25) is 0 Å². The van der Waals surface area contributed by atoms with Crippen LogP contribution < -0.4 is 0 Å². The Bertz CT molecular complexity index is 374. The number of benzene rings is 1. The Hall–Kier alpha value is -0.570. The molecule has 0 radical (unpaired) electrons. The monoisotopic (exact) mass is 254 g/mol. The van der Waals surface area contributed by atoms with Crippen LogP contribution in [0.4, 0.5) is 0 Å². The second kappa shape index (κ2) is 4.97. The fourth-order valence-corrected chi connectivity index (χ4v) is 2.19. The van der Waals surface area contributed by atoms with Crippen LogP contribution in [0.5, 0.6) is 0 Å². The van der Waals surface area contributed by atoms with Crippen molar-refractivity contribution < 1.29 is 9.47 Å². The topological polar surface area (TPSA) is 18.5 Å². The molecule has 0 aliphatic carbocycles. The first-order valence-electron chi connectivity index (χ1n) is 6.03. The van der Waals surface area contributed by atoms with Gasteiger partial charge in [-0.05, 0) is 18.4 Å². The molecule has 17 heavy (non-hydrogen) atoms. The maximum atomic E-state index is 5.83. The molecular weight excluding hydrogens is 236 g/mol. The summed E-state index contributed by atoms with van der Waals surface area (Å²) in [5.41, 5.74) is 2.37. The van der Waals surface area contributed by atoms with Gasteiger partial charge in [-0.2, -0.15) is 0 Å². The molecule has 1 aromatic carbocycles. The quantitative estimate of drug-likeness (QED) is 0.767. The molecule has 2 nitrogen and oxygen atoms in total. The van der Waals surface area contributed by atoms with Crippen LogP contribution in [-0.4, -0.2) is 18.6 Å². The highest BCUT2D eigenvalue weighted by atomic mass is 35.5. The van der Waals surface area contributed by atoms with Crippen molar-refractivity contribution >= 4 is 11.6 Å². The van der Waals surface area contributed by atoms with E-state index in [4.69, 9.17) is 21.1 Å². The molecule has 0 bridgehead atoms. The van der Waals surface area contributed by atoms with Crippen LogP contribution in [0.25, 0.3) is 0 Å². The molecule has 0 aromatic heterocycles. The first-order valence-corrected chi connectivity index (χ1v) is 6.57. The molecule has 2 unspecified atom stereocenters. The van der Waals surface area contributed by atoms with Crippen molar-refractivity contribution in [2.75, 3.05) is 12.5 Å². The Labute approximate surface area is 108 Å². The van der Waals surface area contributed by atoms with Gasteiger partial charge >= 0.3 is 0 Å². The number of hydrogen-bond acceptors (Lipinski definition) is 2. The second-order valence-electron chi connectivity index (χ2n) is 4.93. The van der Waals surface area contributed by atoms with E-state index in [2.05, 4.69) is 38.1 Å². The summed E-state index contributed by atoms with van der Waals surface area (Å²) in [5, 5.41) is 0. The molecule has 1 aliphatic rings. The van der Waals surface area contributed by atoms with E-state index < -0.39 is 5.79 Å². The number of rotatable bonds is 3. The minimum Gasteiger partial charge on any atom is -0.343 e. The molecule has 1 aliphatic heterocycles. The Balaban J connectivity index is 2.17. The number of hydrogen-bond donors (Lipinski definition) is 0. The number of alkyl halides is 1. The van der Waals surface area contributed by atoms with Gasteiger partial charge in [0.2, 0.25) is 0 Å². The number of ether oxygens (including phenoxy) is 2. The predicted octanol–water partition coefficient (Wildman–Crippen LogP) is 3.64. The van der Waals surface area contributed by atoms with E-state index in [-0.39, 0.29) is 6.10 Å². The Kier molecular flexibility index (Phi) is 3.76. The number of halogens is 1. The lowest BCUT2D eigenvalue weighted by Gasteiger charge is -2.24. The third-order valence-electron chi connectivity index (χ3n) is 3.21. The van der Waals surface area contributed by atoms with Crippen LogP contribution >= 0.6 is 11.6 Å². The van der Waals surface area contributed by atoms with E-state index in [0.717, 1.165) is 5.56 Å². The molecule has 94 valence electrons. The largest absolute Gasteiger partial charge is 0.343 e. The average molecular weight is 255 g/mol. The van der Waals surface area contributed by atoms with Crippen LogP contribution in [0, 0.1) is 0 Å². The molecule has 0 spiro atoms. The molecule has 1 fully saturated rings. The Morgan fingerprint density at radius 3 is 2.47 bits per heavy atom. The standard InChI is InChI=1S/C14H19ClO2/c1-10(2)11-4-6-12(7-5-11)14(3)16-9-13(8-15)17-14/h4-7,10,13H,8-9H2,1-3H3. The maximum Gasteiger partial charge on any atom is 0.192 e. The molecule has 1 aromatic rings. The smallest absolute Gasteiger partial charge is 0.192 e. The highest BCUT2D eigenvalue weighted by Gasteiger charge is 2.38. The lowest BCUT2D eigenvalue weighted by Crippen LogP contribution is -2.24. The third kappa shape index (κ3) is 2.65. The zero-order chi connectivity index (χ0) is 12.5. The summed E-state index contributed by atoms with van der Waals surface area (Å²) < 4.78 is 11.6. The van der Waals surface area contributed by atoms with Crippen molar-refractivity contribution in [2.24, 2.45) is 0 Å². The van der Waals surface area contributed by atoms with Crippen molar-refractivity contribution in [3.8, 4) is 0 Å². The zero-order valence-electron chi connectivity index (χ0n) is 10.6. The molecule has 2 rings (SSSR count). The van der Waals surface area contributed by atoms with Crippen molar-refractivity contribution in [1.29, 1.82) is 0 Å². The summed E-state index contributed by atoms with van der Waals surface area (Å²) in [6.07, 6.45) is -0.00792. The van der Waals surface area contributed by atoms with Crippen molar-refractivity contribution in [2.45, 2.75) is 38.6 Å². The molecule has 1 saturated heterocycles. The average Bonchev–Trinajstić information content (AvgIpc) is 2.73. The summed E-state index contributed by atoms with van der Waals surface area (Å²) in [4.78, 5) is 0. The van der Waals surface area contributed by atoms with E-state index in [9.17, 15) is 0 Å². The van der Waals surface area contributed by atoms with E-state index >= 15 is 0 Å². The van der Waals surface area contributed by atoms with Crippen LogP contribution in [0.15, 0.2) is 24.3 Å². The van der Waals surface area contributed by atoms with Gasteiger partial charge in [0, 0.05) is 5.56 Å². The molecule has 0 saturated carbocycles. The normalized spacial score (nSPS) is 28.9. The fraction of sp³-hybridized carbons (Fsp3) is 0.571. The first-order chi connectivity index (χ1) is 8.05. The molecule has 0 amide bonds. The van der Waals surface area contributed by atoms with Gasteiger partial charge in [-0.3, -0.25) is 0 Å². The SMILES string of the molecule is CC(C)c1ccc(C2(C)OCC(CCl)O2)cc1. The van der Waals surface area contributed by atoms with Gasteiger partial charge in [0.1, 0.15) is 0 Å². The minimum atomic E-state index is -0.644. The van der Waals surface area contributed by atoms with Gasteiger partial charge in [-0.1, -0.05) is 38.1 Å². The van der Waals surface area contributed by atoms with Gasteiger partial charge in [0.25, 0.3) is 0 Å². The van der Waals surface area contributed by atoms with E-state index in [1.54, 1.807) is 0 Å². The van der Waals surface area contributed by atoms with E-state index in [0.29, 0.717) is 18.4 Å². The zero-order valence-corrected chi connectivity index (χ0v) is 11.3. The highest BCUT2D eigenvalue weighted by molar-refractivity contribution is 6.18. The minimum absolute atomic E-state index is 0.00792. The maximum absolute atomic E-state index is 5.83. The van der Waals surface area contributed by atoms with Crippen molar-refractivity contribution in [3.05, 3.63) is 35.4 Å². The van der Waals surface area contributed by atoms with E-state index in [1.807, 2.05) is 6.92 Å². The van der Waals surface area contributed by atoms with Gasteiger partial charge in [0.05, 0.1) is 18.6 Å². The summed E-state index contributed by atoms with van der Waals surface area (Å²) >= 11 is 5.78. The van der Waals surface area contributed by atoms with Crippen molar-refractivity contribution in [3.63, 3.8) is 0 Å². The van der Waals surface area contributed by atoms with Crippen LogP contribution in [-0.2, 0) is 15.3 Å². The molecule has 3 heteroatoms. The third-order valence-corrected chi connectivity index (χ3v) is 3.55. The Morgan fingerprint density at radius 2 is 2.00 bits per heavy atom. The van der Waals surface area contributed by atoms with Gasteiger partial charge in [-0.25, -0.2) is 0 Å². The van der Waals surface area contributed by atoms with Crippen LogP contribution in [0.3, 0.4) is 0 Å². The van der Waals surface area contributed by atoms with Crippen LogP contribution in [0.1, 0.15) is 37.8 Å². The van der Waals surface area contributed by atoms with Gasteiger partial charge in [0.15, 0.2) is 5.79 Å². The molecular formula is C14H19ClO2. The highest BCUT2D eigenvalue weighted by Crippen LogP contribution is 2.34. The first kappa shape index (κ1) is 12.9. The lowest BCUT2D eigenvalue weighted by atomic mass is 9.99. The molecule has 2 atom stereocenters. The Morgan fingerprint density at radius 1 is 1.35 bits per heavy atom. The molecule has 1 heterocycles. The summed E-state index contributed by atoms with van der Waals surface area (Å²) in [6.45, 7) is 6.88. The van der Waals surface area contributed by atoms with E-state index in [1.165, 1.54) is 5.56 Å².